The van der Waals surface area contributed by atoms with Gasteiger partial charge in [0.05, 0.1) is 0 Å². The molecule has 0 fully saturated rings. The standard InChI is InChI=1S/C14H21ClFN/c1-4-5-10(2)8-14(17-3)12-7-6-11(15)9-13(12)16/h6-7,9-10,14,17H,4-5,8H2,1-3H3. The molecule has 3 heteroatoms. The van der Waals surface area contributed by atoms with Crippen LogP contribution in [0.4, 0.5) is 4.39 Å². The molecule has 1 rings (SSSR count). The topological polar surface area (TPSA) is 12.0 Å². The Kier molecular flexibility index (Phi) is 5.93. The Bertz CT molecular complexity index is 354. The van der Waals surface area contributed by atoms with Crippen molar-refractivity contribution in [1.29, 1.82) is 0 Å². The molecule has 0 aliphatic carbocycles. The Hall–Kier alpha value is -0.600. The van der Waals surface area contributed by atoms with E-state index in [4.69, 9.17) is 11.6 Å². The molecule has 0 aromatic heterocycles. The van der Waals surface area contributed by atoms with E-state index >= 15 is 0 Å². The molecule has 17 heavy (non-hydrogen) atoms. The summed E-state index contributed by atoms with van der Waals surface area (Å²) in [6.45, 7) is 4.38. The summed E-state index contributed by atoms with van der Waals surface area (Å²) < 4.78 is 13.8. The summed E-state index contributed by atoms with van der Waals surface area (Å²) in [4.78, 5) is 0. The minimum absolute atomic E-state index is 0.0637. The maximum absolute atomic E-state index is 13.8. The van der Waals surface area contributed by atoms with E-state index in [0.29, 0.717) is 16.5 Å². The Balaban J connectivity index is 2.79. The van der Waals surface area contributed by atoms with E-state index in [0.717, 1.165) is 6.42 Å². The normalized spacial score (nSPS) is 14.6. The van der Waals surface area contributed by atoms with Gasteiger partial charge in [0, 0.05) is 16.6 Å². The quantitative estimate of drug-likeness (QED) is 0.787. The maximum Gasteiger partial charge on any atom is 0.129 e. The lowest BCUT2D eigenvalue weighted by Gasteiger charge is -2.21. The van der Waals surface area contributed by atoms with E-state index in [-0.39, 0.29) is 11.9 Å². The molecule has 0 radical (unpaired) electrons. The SMILES string of the molecule is CCCC(C)CC(NC)c1ccc(Cl)cc1F. The average molecular weight is 258 g/mol. The summed E-state index contributed by atoms with van der Waals surface area (Å²) in [6.07, 6.45) is 3.29. The third-order valence-corrected chi connectivity index (χ3v) is 3.34. The van der Waals surface area contributed by atoms with E-state index in [1.807, 2.05) is 7.05 Å². The van der Waals surface area contributed by atoms with Crippen LogP contribution < -0.4 is 5.32 Å². The van der Waals surface area contributed by atoms with Gasteiger partial charge >= 0.3 is 0 Å². The molecule has 96 valence electrons. The summed E-state index contributed by atoms with van der Waals surface area (Å²) in [5, 5.41) is 3.63. The van der Waals surface area contributed by atoms with E-state index < -0.39 is 0 Å². The second-order valence-electron chi connectivity index (χ2n) is 4.64. The van der Waals surface area contributed by atoms with E-state index in [2.05, 4.69) is 19.2 Å². The summed E-state index contributed by atoms with van der Waals surface area (Å²) >= 11 is 5.76. The molecule has 0 saturated heterocycles. The van der Waals surface area contributed by atoms with Gasteiger partial charge in [-0.3, -0.25) is 0 Å². The van der Waals surface area contributed by atoms with Crippen molar-refractivity contribution in [3.63, 3.8) is 0 Å². The van der Waals surface area contributed by atoms with Crippen LogP contribution in [-0.2, 0) is 0 Å². The zero-order valence-corrected chi connectivity index (χ0v) is 11.5. The second kappa shape index (κ2) is 6.97. The second-order valence-corrected chi connectivity index (χ2v) is 5.07. The van der Waals surface area contributed by atoms with Crippen LogP contribution in [0, 0.1) is 11.7 Å². The van der Waals surface area contributed by atoms with Gasteiger partial charge in [0.2, 0.25) is 0 Å². The highest BCUT2D eigenvalue weighted by molar-refractivity contribution is 6.30. The smallest absolute Gasteiger partial charge is 0.129 e. The summed E-state index contributed by atoms with van der Waals surface area (Å²) in [6, 6.07) is 4.96. The zero-order chi connectivity index (χ0) is 12.8. The van der Waals surface area contributed by atoms with Gasteiger partial charge in [0.25, 0.3) is 0 Å². The van der Waals surface area contributed by atoms with E-state index in [9.17, 15) is 4.39 Å². The molecule has 1 nitrogen and oxygen atoms in total. The van der Waals surface area contributed by atoms with Gasteiger partial charge in [-0.25, -0.2) is 4.39 Å². The molecule has 1 aromatic rings. The number of rotatable bonds is 6. The summed E-state index contributed by atoms with van der Waals surface area (Å²) in [7, 11) is 1.87. The van der Waals surface area contributed by atoms with Crippen molar-refractivity contribution in [1.82, 2.24) is 5.32 Å². The fourth-order valence-electron chi connectivity index (χ4n) is 2.20. The van der Waals surface area contributed by atoms with Crippen LogP contribution in [0.5, 0.6) is 0 Å². The average Bonchev–Trinajstić information content (AvgIpc) is 2.27. The lowest BCUT2D eigenvalue weighted by molar-refractivity contribution is 0.397. The summed E-state index contributed by atoms with van der Waals surface area (Å²) in [5.41, 5.74) is 0.708. The molecule has 0 heterocycles. The monoisotopic (exact) mass is 257 g/mol. The van der Waals surface area contributed by atoms with E-state index in [1.54, 1.807) is 12.1 Å². The third kappa shape index (κ3) is 4.29. The Labute approximate surface area is 108 Å². The fourth-order valence-corrected chi connectivity index (χ4v) is 2.36. The van der Waals surface area contributed by atoms with Gasteiger partial charge in [-0.2, -0.15) is 0 Å². The van der Waals surface area contributed by atoms with Crippen molar-refractivity contribution in [2.75, 3.05) is 7.05 Å². The Morgan fingerprint density at radius 3 is 2.65 bits per heavy atom. The first-order valence-electron chi connectivity index (χ1n) is 6.20. The minimum Gasteiger partial charge on any atom is -0.313 e. The molecule has 2 unspecified atom stereocenters. The maximum atomic E-state index is 13.8. The van der Waals surface area contributed by atoms with Crippen molar-refractivity contribution in [3.8, 4) is 0 Å². The van der Waals surface area contributed by atoms with Crippen LogP contribution in [0.1, 0.15) is 44.7 Å². The van der Waals surface area contributed by atoms with Crippen molar-refractivity contribution < 1.29 is 4.39 Å². The predicted octanol–water partition coefficient (Wildman–Crippen LogP) is 4.57. The molecular weight excluding hydrogens is 237 g/mol. The molecule has 0 spiro atoms. The molecule has 0 saturated carbocycles. The van der Waals surface area contributed by atoms with Crippen LogP contribution in [0.15, 0.2) is 18.2 Å². The third-order valence-electron chi connectivity index (χ3n) is 3.11. The van der Waals surface area contributed by atoms with Crippen LogP contribution in [0.3, 0.4) is 0 Å². The number of hydrogen-bond acceptors (Lipinski definition) is 1. The first kappa shape index (κ1) is 14.5. The van der Waals surface area contributed by atoms with Gasteiger partial charge in [0.1, 0.15) is 5.82 Å². The van der Waals surface area contributed by atoms with Crippen molar-refractivity contribution in [2.24, 2.45) is 5.92 Å². The number of benzene rings is 1. The van der Waals surface area contributed by atoms with Crippen molar-refractivity contribution >= 4 is 11.6 Å². The molecule has 1 aromatic carbocycles. The minimum atomic E-state index is -0.222. The van der Waals surface area contributed by atoms with Crippen LogP contribution >= 0.6 is 11.6 Å². The van der Waals surface area contributed by atoms with Crippen LogP contribution in [0.25, 0.3) is 0 Å². The number of hydrogen-bond donors (Lipinski definition) is 1. The molecule has 0 bridgehead atoms. The van der Waals surface area contributed by atoms with Gasteiger partial charge in [0.15, 0.2) is 0 Å². The lowest BCUT2D eigenvalue weighted by Crippen LogP contribution is -2.20. The molecule has 0 aliphatic rings. The predicted molar refractivity (Wildman–Crippen MR) is 71.9 cm³/mol. The molecule has 2 atom stereocenters. The lowest BCUT2D eigenvalue weighted by atomic mass is 9.93. The largest absolute Gasteiger partial charge is 0.313 e. The van der Waals surface area contributed by atoms with Gasteiger partial charge < -0.3 is 5.32 Å². The van der Waals surface area contributed by atoms with E-state index in [1.165, 1.54) is 18.9 Å². The van der Waals surface area contributed by atoms with Gasteiger partial charge in [-0.1, -0.05) is 44.4 Å². The van der Waals surface area contributed by atoms with Crippen LogP contribution in [0.2, 0.25) is 5.02 Å². The number of halogens is 2. The number of nitrogens with one attached hydrogen (secondary N) is 1. The molecule has 0 aliphatic heterocycles. The highest BCUT2D eigenvalue weighted by Crippen LogP contribution is 2.27. The first-order chi connectivity index (χ1) is 8.08. The Morgan fingerprint density at radius 2 is 2.12 bits per heavy atom. The highest BCUT2D eigenvalue weighted by atomic mass is 35.5. The van der Waals surface area contributed by atoms with Crippen LogP contribution in [-0.4, -0.2) is 7.05 Å². The highest BCUT2D eigenvalue weighted by Gasteiger charge is 2.16. The zero-order valence-electron chi connectivity index (χ0n) is 10.8. The summed E-state index contributed by atoms with van der Waals surface area (Å²) in [5.74, 6) is 0.369. The Morgan fingerprint density at radius 1 is 1.41 bits per heavy atom. The molecule has 0 amide bonds. The van der Waals surface area contributed by atoms with Crippen molar-refractivity contribution in [3.05, 3.63) is 34.6 Å². The first-order valence-corrected chi connectivity index (χ1v) is 6.58. The fraction of sp³-hybridized carbons (Fsp3) is 0.571. The van der Waals surface area contributed by atoms with Crippen molar-refractivity contribution in [2.45, 2.75) is 39.2 Å². The van der Waals surface area contributed by atoms with Gasteiger partial charge in [-0.15, -0.1) is 0 Å². The molecular formula is C14H21ClFN. The molecule has 1 N–H and O–H groups in total. The van der Waals surface area contributed by atoms with Gasteiger partial charge in [-0.05, 0) is 31.5 Å².